The first kappa shape index (κ1) is 8.08. The molecule has 1 rings (SSSR count). The van der Waals surface area contributed by atoms with E-state index in [0.29, 0.717) is 15.7 Å². The summed E-state index contributed by atoms with van der Waals surface area (Å²) in [5, 5.41) is 10.4. The Bertz CT molecular complexity index is 175. The number of halogens is 2. The van der Waals surface area contributed by atoms with E-state index in [1.54, 1.807) is 0 Å². The van der Waals surface area contributed by atoms with Crippen molar-refractivity contribution in [3.63, 3.8) is 0 Å². The van der Waals surface area contributed by atoms with Crippen molar-refractivity contribution in [1.82, 2.24) is 5.32 Å². The Hall–Kier alpha value is -0.0200. The summed E-state index contributed by atoms with van der Waals surface area (Å²) in [6, 6.07) is 0.542. The highest BCUT2D eigenvalue weighted by atomic mass is 79.9. The summed E-state index contributed by atoms with van der Waals surface area (Å²) < 4.78 is 0.612. The zero-order chi connectivity index (χ0) is 7.56. The Labute approximate surface area is 73.3 Å². The first-order chi connectivity index (χ1) is 4.74. The van der Waals surface area contributed by atoms with Gasteiger partial charge in [0.05, 0.1) is 4.48 Å². The number of nitrogens with one attached hydrogen (secondary N) is 2. The third-order valence-electron chi connectivity index (χ3n) is 1.24. The molecule has 0 aliphatic heterocycles. The molecule has 0 heterocycles. The number of hydrogen-bond acceptors (Lipinski definition) is 2. The number of allylic oxidation sites excluding steroid dienone is 1. The molecule has 0 saturated heterocycles. The van der Waals surface area contributed by atoms with E-state index in [-0.39, 0.29) is 0 Å². The minimum atomic E-state index is 0.539. The van der Waals surface area contributed by atoms with Gasteiger partial charge >= 0.3 is 0 Å². The number of hydrogen-bond donors (Lipinski definition) is 2. The molecule has 1 saturated carbocycles. The monoisotopic (exact) mass is 222 g/mol. The molecule has 0 atom stereocenters. The molecule has 0 radical (unpaired) electrons. The van der Waals surface area contributed by atoms with E-state index in [4.69, 9.17) is 17.0 Å². The van der Waals surface area contributed by atoms with Gasteiger partial charge in [-0.2, -0.15) is 0 Å². The summed E-state index contributed by atoms with van der Waals surface area (Å²) in [5.74, 6) is 0. The molecule has 2 N–H and O–H groups in total. The smallest absolute Gasteiger partial charge is 0.118 e. The van der Waals surface area contributed by atoms with Crippen LogP contribution in [0.1, 0.15) is 12.8 Å². The van der Waals surface area contributed by atoms with E-state index < -0.39 is 0 Å². The Morgan fingerprint density at radius 2 is 2.30 bits per heavy atom. The molecule has 1 aliphatic carbocycles. The zero-order valence-electron chi connectivity index (χ0n) is 5.32. The fourth-order valence-corrected chi connectivity index (χ4v) is 0.863. The van der Waals surface area contributed by atoms with Crippen LogP contribution in [-0.2, 0) is 0 Å². The lowest BCUT2D eigenvalue weighted by atomic mass is 10.6. The summed E-state index contributed by atoms with van der Waals surface area (Å²) in [7, 11) is 0. The van der Waals surface area contributed by atoms with E-state index >= 15 is 0 Å². The van der Waals surface area contributed by atoms with Crippen LogP contribution in [0.3, 0.4) is 0 Å². The molecular formula is C6H8BrClN2. The molecule has 0 unspecified atom stereocenters. The zero-order valence-corrected chi connectivity index (χ0v) is 7.67. The first-order valence-corrected chi connectivity index (χ1v) is 4.23. The van der Waals surface area contributed by atoms with Crippen molar-refractivity contribution in [1.29, 1.82) is 5.41 Å². The summed E-state index contributed by atoms with van der Waals surface area (Å²) in [4.78, 5) is 0. The SMILES string of the molecule is N=C/C(Br)=C(/Cl)NC1CC1. The van der Waals surface area contributed by atoms with Gasteiger partial charge < -0.3 is 10.7 Å². The van der Waals surface area contributed by atoms with E-state index in [0.717, 1.165) is 0 Å². The molecule has 0 aromatic heterocycles. The molecule has 2 nitrogen and oxygen atoms in total. The van der Waals surface area contributed by atoms with Crippen LogP contribution in [0, 0.1) is 5.41 Å². The lowest BCUT2D eigenvalue weighted by Gasteiger charge is -2.01. The van der Waals surface area contributed by atoms with Crippen LogP contribution in [0.15, 0.2) is 9.64 Å². The van der Waals surface area contributed by atoms with Gasteiger partial charge in [-0.05, 0) is 28.8 Å². The normalized spacial score (nSPS) is 19.8. The van der Waals surface area contributed by atoms with Crippen molar-refractivity contribution in [2.45, 2.75) is 18.9 Å². The summed E-state index contributed by atoms with van der Waals surface area (Å²) in [6.45, 7) is 0. The average Bonchev–Trinajstić information content (AvgIpc) is 2.70. The van der Waals surface area contributed by atoms with Crippen LogP contribution in [0.5, 0.6) is 0 Å². The predicted molar refractivity (Wildman–Crippen MR) is 46.7 cm³/mol. The van der Waals surface area contributed by atoms with Gasteiger partial charge in [0.1, 0.15) is 5.16 Å². The van der Waals surface area contributed by atoms with Crippen LogP contribution in [-0.4, -0.2) is 12.3 Å². The summed E-state index contributed by atoms with van der Waals surface area (Å²) >= 11 is 8.88. The second kappa shape index (κ2) is 3.39. The third kappa shape index (κ3) is 2.31. The molecule has 0 aromatic carbocycles. The molecule has 0 aromatic rings. The van der Waals surface area contributed by atoms with Crippen LogP contribution in [0.25, 0.3) is 0 Å². The fraction of sp³-hybridized carbons (Fsp3) is 0.500. The minimum absolute atomic E-state index is 0.539. The molecule has 0 bridgehead atoms. The van der Waals surface area contributed by atoms with Gasteiger partial charge in [-0.15, -0.1) is 0 Å². The van der Waals surface area contributed by atoms with E-state index in [9.17, 15) is 0 Å². The lowest BCUT2D eigenvalue weighted by molar-refractivity contribution is 0.846. The van der Waals surface area contributed by atoms with Gasteiger partial charge in [0.25, 0.3) is 0 Å². The van der Waals surface area contributed by atoms with E-state index in [2.05, 4.69) is 21.2 Å². The van der Waals surface area contributed by atoms with Gasteiger partial charge in [-0.1, -0.05) is 11.6 Å². The number of rotatable bonds is 3. The van der Waals surface area contributed by atoms with E-state index in [1.807, 2.05) is 0 Å². The topological polar surface area (TPSA) is 35.9 Å². The van der Waals surface area contributed by atoms with Gasteiger partial charge in [-0.3, -0.25) is 0 Å². The molecule has 10 heavy (non-hydrogen) atoms. The molecule has 0 amide bonds. The molecular weight excluding hydrogens is 215 g/mol. The van der Waals surface area contributed by atoms with Crippen molar-refractivity contribution < 1.29 is 0 Å². The standard InChI is InChI=1S/C6H8BrClN2/c7-5(3-9)6(8)10-4-1-2-4/h3-4,9-10H,1-2H2/b6-5+,9-3?. The maximum absolute atomic E-state index is 6.85. The largest absolute Gasteiger partial charge is 0.372 e. The first-order valence-electron chi connectivity index (χ1n) is 3.06. The van der Waals surface area contributed by atoms with Crippen molar-refractivity contribution in [3.05, 3.63) is 9.64 Å². The van der Waals surface area contributed by atoms with Crippen molar-refractivity contribution in [2.24, 2.45) is 0 Å². The minimum Gasteiger partial charge on any atom is -0.372 e. The predicted octanol–water partition coefficient (Wildman–Crippen LogP) is 2.19. The quantitative estimate of drug-likeness (QED) is 0.558. The second-order valence-corrected chi connectivity index (χ2v) is 3.46. The van der Waals surface area contributed by atoms with Crippen molar-refractivity contribution >= 4 is 33.7 Å². The Morgan fingerprint density at radius 1 is 1.70 bits per heavy atom. The summed E-state index contributed by atoms with van der Waals surface area (Å²) in [6.07, 6.45) is 3.56. The Kier molecular flexibility index (Phi) is 2.74. The van der Waals surface area contributed by atoms with Crippen LogP contribution >= 0.6 is 27.5 Å². The highest BCUT2D eigenvalue weighted by Gasteiger charge is 2.21. The van der Waals surface area contributed by atoms with Crippen molar-refractivity contribution in [3.8, 4) is 0 Å². The molecule has 1 fully saturated rings. The van der Waals surface area contributed by atoms with Crippen LogP contribution in [0.2, 0.25) is 0 Å². The average molecular weight is 224 g/mol. The highest BCUT2D eigenvalue weighted by Crippen LogP contribution is 2.23. The molecule has 0 spiro atoms. The Balaban J connectivity index is 2.43. The molecule has 56 valence electrons. The maximum Gasteiger partial charge on any atom is 0.118 e. The summed E-state index contributed by atoms with van der Waals surface area (Å²) in [5.41, 5.74) is 0. The van der Waals surface area contributed by atoms with Crippen LogP contribution < -0.4 is 5.32 Å². The van der Waals surface area contributed by atoms with Gasteiger partial charge in [-0.25, -0.2) is 0 Å². The second-order valence-electron chi connectivity index (χ2n) is 2.22. The van der Waals surface area contributed by atoms with Gasteiger partial charge in [0.15, 0.2) is 0 Å². The molecule has 1 aliphatic rings. The van der Waals surface area contributed by atoms with Crippen molar-refractivity contribution in [2.75, 3.05) is 0 Å². The van der Waals surface area contributed by atoms with Gasteiger partial charge in [0.2, 0.25) is 0 Å². The highest BCUT2D eigenvalue weighted by molar-refractivity contribution is 9.12. The molecule has 4 heteroatoms. The Morgan fingerprint density at radius 3 is 2.70 bits per heavy atom. The lowest BCUT2D eigenvalue weighted by Crippen LogP contribution is -2.12. The maximum atomic E-state index is 6.85. The van der Waals surface area contributed by atoms with Crippen LogP contribution in [0.4, 0.5) is 0 Å². The van der Waals surface area contributed by atoms with E-state index in [1.165, 1.54) is 19.1 Å². The van der Waals surface area contributed by atoms with Gasteiger partial charge in [0, 0.05) is 12.3 Å². The fourth-order valence-electron chi connectivity index (χ4n) is 0.539. The third-order valence-corrected chi connectivity index (χ3v) is 2.41.